The van der Waals surface area contributed by atoms with Crippen LogP contribution in [-0.2, 0) is 16.0 Å². The molecule has 0 saturated carbocycles. The van der Waals surface area contributed by atoms with Crippen molar-refractivity contribution in [1.82, 2.24) is 10.2 Å². The molecule has 156 valence electrons. The second-order valence-electron chi connectivity index (χ2n) is 7.20. The van der Waals surface area contributed by atoms with Crippen molar-refractivity contribution in [3.63, 3.8) is 0 Å². The van der Waals surface area contributed by atoms with Crippen LogP contribution in [0.5, 0.6) is 11.5 Å². The van der Waals surface area contributed by atoms with E-state index >= 15 is 0 Å². The summed E-state index contributed by atoms with van der Waals surface area (Å²) in [7, 11) is 0. The summed E-state index contributed by atoms with van der Waals surface area (Å²) in [6.07, 6.45) is 0.212. The molecule has 0 bridgehead atoms. The number of benzene rings is 1. The molecule has 1 aromatic heterocycles. The molecular weight excluding hydrogens is 396 g/mol. The minimum atomic E-state index is -0.0840. The number of halogens is 1. The molecule has 0 radical (unpaired) electrons. The molecule has 1 aromatic carbocycles. The van der Waals surface area contributed by atoms with Gasteiger partial charge < -0.3 is 23.9 Å². The van der Waals surface area contributed by atoms with Gasteiger partial charge in [0.2, 0.25) is 5.91 Å². The second-order valence-corrected chi connectivity index (χ2v) is 7.60. The first kappa shape index (κ1) is 20.1. The molecule has 1 atom stereocenters. The molecule has 7 nitrogen and oxygen atoms in total. The molecule has 8 heteroatoms. The average molecular weight is 421 g/mol. The maximum Gasteiger partial charge on any atom is 0.224 e. The van der Waals surface area contributed by atoms with Gasteiger partial charge in [-0.2, -0.15) is 0 Å². The Morgan fingerprint density at radius 2 is 1.97 bits per heavy atom. The molecule has 29 heavy (non-hydrogen) atoms. The molecule has 2 aliphatic rings. The van der Waals surface area contributed by atoms with Gasteiger partial charge in [-0.1, -0.05) is 11.6 Å². The van der Waals surface area contributed by atoms with E-state index in [0.717, 1.165) is 30.2 Å². The van der Waals surface area contributed by atoms with Crippen molar-refractivity contribution < 1.29 is 23.4 Å². The van der Waals surface area contributed by atoms with E-state index in [1.807, 2.05) is 25.1 Å². The van der Waals surface area contributed by atoms with Gasteiger partial charge in [0, 0.05) is 19.6 Å². The number of hydrogen-bond acceptors (Lipinski definition) is 6. The molecule has 1 amide bonds. The highest BCUT2D eigenvalue weighted by Gasteiger charge is 2.26. The van der Waals surface area contributed by atoms with Gasteiger partial charge >= 0.3 is 0 Å². The first-order chi connectivity index (χ1) is 14.1. The van der Waals surface area contributed by atoms with E-state index in [-0.39, 0.29) is 18.4 Å². The third kappa shape index (κ3) is 4.86. The Hall–Kier alpha value is -2.22. The van der Waals surface area contributed by atoms with Crippen LogP contribution < -0.4 is 14.8 Å². The molecule has 1 saturated heterocycles. The number of nitrogens with one attached hydrogen (secondary N) is 1. The van der Waals surface area contributed by atoms with E-state index in [4.69, 9.17) is 30.2 Å². The Bertz CT molecular complexity index is 863. The number of rotatable bonds is 6. The monoisotopic (exact) mass is 420 g/mol. The fraction of sp³-hybridized carbons (Fsp3) is 0.476. The molecule has 0 spiro atoms. The number of carbonyl (C=O) groups is 1. The SMILES string of the molecule is Cc1ccc(C(CNC(=O)Cc2cc(Cl)c3c(c2)OCCO3)N2CCOCC2)o1. The lowest BCUT2D eigenvalue weighted by molar-refractivity contribution is -0.120. The molecular formula is C21H25ClN2O5. The minimum absolute atomic E-state index is 0.0274. The minimum Gasteiger partial charge on any atom is -0.486 e. The summed E-state index contributed by atoms with van der Waals surface area (Å²) in [5.41, 5.74) is 0.786. The van der Waals surface area contributed by atoms with Crippen molar-refractivity contribution in [3.05, 3.63) is 46.4 Å². The zero-order valence-corrected chi connectivity index (χ0v) is 17.2. The van der Waals surface area contributed by atoms with Crippen LogP contribution in [0.3, 0.4) is 0 Å². The number of fused-ring (bicyclic) bond motifs is 1. The molecule has 3 heterocycles. The summed E-state index contributed by atoms with van der Waals surface area (Å²) in [6.45, 7) is 6.30. The third-order valence-corrected chi connectivity index (χ3v) is 5.37. The largest absolute Gasteiger partial charge is 0.486 e. The zero-order valence-electron chi connectivity index (χ0n) is 16.4. The molecule has 1 N–H and O–H groups in total. The fourth-order valence-corrected chi connectivity index (χ4v) is 3.94. The van der Waals surface area contributed by atoms with Crippen molar-refractivity contribution in [1.29, 1.82) is 0 Å². The number of ether oxygens (including phenoxy) is 3. The predicted molar refractivity (Wildman–Crippen MR) is 108 cm³/mol. The third-order valence-electron chi connectivity index (χ3n) is 5.09. The Morgan fingerprint density at radius 3 is 2.72 bits per heavy atom. The Balaban J connectivity index is 1.41. The summed E-state index contributed by atoms with van der Waals surface area (Å²) >= 11 is 6.27. The maximum absolute atomic E-state index is 12.6. The Morgan fingerprint density at radius 1 is 1.17 bits per heavy atom. The van der Waals surface area contributed by atoms with Crippen molar-refractivity contribution in [3.8, 4) is 11.5 Å². The number of amides is 1. The number of furan rings is 1. The van der Waals surface area contributed by atoms with Gasteiger partial charge in [-0.25, -0.2) is 0 Å². The number of morpholine rings is 1. The number of carbonyl (C=O) groups excluding carboxylic acids is 1. The highest BCUT2D eigenvalue weighted by molar-refractivity contribution is 6.32. The lowest BCUT2D eigenvalue weighted by Gasteiger charge is -2.33. The summed E-state index contributed by atoms with van der Waals surface area (Å²) in [5, 5.41) is 3.50. The molecule has 0 aliphatic carbocycles. The number of hydrogen-bond donors (Lipinski definition) is 1. The van der Waals surface area contributed by atoms with E-state index in [1.54, 1.807) is 6.07 Å². The van der Waals surface area contributed by atoms with Crippen molar-refractivity contribution >= 4 is 17.5 Å². The fourth-order valence-electron chi connectivity index (χ4n) is 3.66. The molecule has 1 fully saturated rings. The highest BCUT2D eigenvalue weighted by Crippen LogP contribution is 2.38. The first-order valence-electron chi connectivity index (χ1n) is 9.83. The molecule has 4 rings (SSSR count). The zero-order chi connectivity index (χ0) is 20.2. The normalized spacial score (nSPS) is 17.7. The van der Waals surface area contributed by atoms with Gasteiger partial charge in [0.25, 0.3) is 0 Å². The van der Waals surface area contributed by atoms with Crippen molar-refractivity contribution in [2.45, 2.75) is 19.4 Å². The predicted octanol–water partition coefficient (Wildman–Crippen LogP) is 2.74. The first-order valence-corrected chi connectivity index (χ1v) is 10.2. The van der Waals surface area contributed by atoms with Crippen LogP contribution in [0.25, 0.3) is 0 Å². The van der Waals surface area contributed by atoms with Gasteiger partial charge in [-0.15, -0.1) is 0 Å². The number of nitrogens with zero attached hydrogens (tertiary/aromatic N) is 1. The molecule has 2 aliphatic heterocycles. The van der Waals surface area contributed by atoms with Crippen LogP contribution in [0.1, 0.15) is 23.1 Å². The van der Waals surface area contributed by atoms with Crippen LogP contribution in [0.4, 0.5) is 0 Å². The maximum atomic E-state index is 12.6. The Labute approximate surface area is 174 Å². The van der Waals surface area contributed by atoms with E-state index in [1.165, 1.54) is 0 Å². The van der Waals surface area contributed by atoms with Crippen LogP contribution in [-0.4, -0.2) is 56.9 Å². The van der Waals surface area contributed by atoms with Crippen LogP contribution >= 0.6 is 11.6 Å². The van der Waals surface area contributed by atoms with Crippen molar-refractivity contribution in [2.24, 2.45) is 0 Å². The van der Waals surface area contributed by atoms with Crippen LogP contribution in [0.15, 0.2) is 28.7 Å². The summed E-state index contributed by atoms with van der Waals surface area (Å²) in [6, 6.07) is 7.46. The Kier molecular flexibility index (Phi) is 6.28. The van der Waals surface area contributed by atoms with E-state index in [0.29, 0.717) is 49.5 Å². The lowest BCUT2D eigenvalue weighted by atomic mass is 10.1. The van der Waals surface area contributed by atoms with E-state index in [9.17, 15) is 4.79 Å². The van der Waals surface area contributed by atoms with Gasteiger partial charge in [-0.3, -0.25) is 9.69 Å². The summed E-state index contributed by atoms with van der Waals surface area (Å²) < 4.78 is 22.4. The highest BCUT2D eigenvalue weighted by atomic mass is 35.5. The number of aryl methyl sites for hydroxylation is 1. The van der Waals surface area contributed by atoms with Crippen LogP contribution in [0.2, 0.25) is 5.02 Å². The van der Waals surface area contributed by atoms with Gasteiger partial charge in [0.05, 0.1) is 30.7 Å². The second kappa shape index (κ2) is 9.07. The van der Waals surface area contributed by atoms with Gasteiger partial charge in [-0.05, 0) is 36.8 Å². The molecule has 2 aromatic rings. The van der Waals surface area contributed by atoms with Crippen molar-refractivity contribution in [2.75, 3.05) is 46.1 Å². The van der Waals surface area contributed by atoms with Gasteiger partial charge in [0.1, 0.15) is 24.7 Å². The smallest absolute Gasteiger partial charge is 0.224 e. The van der Waals surface area contributed by atoms with E-state index in [2.05, 4.69) is 10.2 Å². The quantitative estimate of drug-likeness (QED) is 0.774. The molecule has 1 unspecified atom stereocenters. The standard InChI is InChI=1S/C21H25ClN2O5/c1-14-2-3-18(29-14)17(24-4-6-26-7-5-24)13-23-20(25)12-15-10-16(22)21-19(11-15)27-8-9-28-21/h2-3,10-11,17H,4-9,12-13H2,1H3,(H,23,25). The summed E-state index contributed by atoms with van der Waals surface area (Å²) in [4.78, 5) is 14.9. The lowest BCUT2D eigenvalue weighted by Crippen LogP contribution is -2.44. The summed E-state index contributed by atoms with van der Waals surface area (Å²) in [5.74, 6) is 2.76. The van der Waals surface area contributed by atoms with Gasteiger partial charge in [0.15, 0.2) is 11.5 Å². The van der Waals surface area contributed by atoms with E-state index < -0.39 is 0 Å². The van der Waals surface area contributed by atoms with Crippen LogP contribution in [0, 0.1) is 6.92 Å². The topological polar surface area (TPSA) is 73.2 Å². The average Bonchev–Trinajstić information content (AvgIpc) is 3.15.